The average molecular weight is 335 g/mol. The van der Waals surface area contributed by atoms with Gasteiger partial charge in [-0.3, -0.25) is 4.90 Å². The summed E-state index contributed by atoms with van der Waals surface area (Å²) in [5.41, 5.74) is 5.84. The summed E-state index contributed by atoms with van der Waals surface area (Å²) in [6.45, 7) is 2.39. The molecule has 4 rings (SSSR count). The Hall–Kier alpha value is -2.13. The van der Waals surface area contributed by atoms with E-state index in [-0.39, 0.29) is 0 Å². The lowest BCUT2D eigenvalue weighted by Gasteiger charge is -2.36. The number of nitrogens with zero attached hydrogens (tertiary/aromatic N) is 1. The molecule has 0 radical (unpaired) electrons. The minimum atomic E-state index is -0.868. The van der Waals surface area contributed by atoms with Crippen LogP contribution in [-0.2, 0) is 19.3 Å². The first-order chi connectivity index (χ1) is 12.2. The molecule has 3 nitrogen and oxygen atoms in total. The zero-order valence-electron chi connectivity index (χ0n) is 14.6. The normalized spacial score (nSPS) is 18.2. The van der Waals surface area contributed by atoms with E-state index in [4.69, 9.17) is 5.11 Å². The van der Waals surface area contributed by atoms with Gasteiger partial charge in [0.05, 0.1) is 5.56 Å². The number of fused-ring (bicyclic) bond motifs is 1. The molecule has 2 aliphatic rings. The Kier molecular flexibility index (Phi) is 4.58. The Morgan fingerprint density at radius 2 is 1.64 bits per heavy atom. The quantitative estimate of drug-likeness (QED) is 0.920. The van der Waals surface area contributed by atoms with Crippen molar-refractivity contribution in [1.82, 2.24) is 4.90 Å². The lowest BCUT2D eigenvalue weighted by Crippen LogP contribution is -2.41. The predicted octanol–water partition coefficient (Wildman–Crippen LogP) is 3.93. The summed E-state index contributed by atoms with van der Waals surface area (Å²) in [5, 5.41) is 9.00. The highest BCUT2D eigenvalue weighted by atomic mass is 16.4. The second-order valence-corrected chi connectivity index (χ2v) is 7.40. The third-order valence-corrected chi connectivity index (χ3v) is 5.81. The molecule has 2 aromatic rings. The van der Waals surface area contributed by atoms with Crippen LogP contribution in [0.15, 0.2) is 42.5 Å². The van der Waals surface area contributed by atoms with Crippen molar-refractivity contribution in [2.75, 3.05) is 13.1 Å². The van der Waals surface area contributed by atoms with Gasteiger partial charge in [-0.2, -0.15) is 0 Å². The van der Waals surface area contributed by atoms with Crippen LogP contribution in [0.25, 0.3) is 0 Å². The van der Waals surface area contributed by atoms with Crippen LogP contribution >= 0.6 is 0 Å². The molecule has 0 bridgehead atoms. The van der Waals surface area contributed by atoms with E-state index in [0.717, 1.165) is 24.4 Å². The van der Waals surface area contributed by atoms with Gasteiger partial charge in [0, 0.05) is 19.1 Å². The van der Waals surface area contributed by atoms with E-state index in [1.807, 2.05) is 12.1 Å². The SMILES string of the molecule is O=C(O)c1ccc(Cc2ccc3c(c2)CCN(C2CCC2)CC3)cc1. The molecule has 2 aromatic carbocycles. The third kappa shape index (κ3) is 3.62. The van der Waals surface area contributed by atoms with Gasteiger partial charge in [-0.15, -0.1) is 0 Å². The first kappa shape index (κ1) is 16.3. The minimum Gasteiger partial charge on any atom is -0.478 e. The van der Waals surface area contributed by atoms with E-state index >= 15 is 0 Å². The van der Waals surface area contributed by atoms with Crippen molar-refractivity contribution >= 4 is 5.97 Å². The molecule has 1 saturated carbocycles. The highest BCUT2D eigenvalue weighted by Gasteiger charge is 2.26. The van der Waals surface area contributed by atoms with E-state index in [1.54, 1.807) is 12.1 Å². The number of benzene rings is 2. The van der Waals surface area contributed by atoms with E-state index in [2.05, 4.69) is 23.1 Å². The maximum absolute atomic E-state index is 11.0. The van der Waals surface area contributed by atoms with Gasteiger partial charge in [-0.1, -0.05) is 36.8 Å². The first-order valence-electron chi connectivity index (χ1n) is 9.36. The predicted molar refractivity (Wildman–Crippen MR) is 99.3 cm³/mol. The molecule has 0 spiro atoms. The number of hydrogen-bond donors (Lipinski definition) is 1. The largest absolute Gasteiger partial charge is 0.478 e. The van der Waals surface area contributed by atoms with E-state index in [1.165, 1.54) is 55.5 Å². The Morgan fingerprint density at radius 3 is 2.28 bits per heavy atom. The highest BCUT2D eigenvalue weighted by molar-refractivity contribution is 5.87. The minimum absolute atomic E-state index is 0.349. The number of carboxylic acid groups (broad SMARTS) is 1. The molecule has 130 valence electrons. The Morgan fingerprint density at radius 1 is 0.960 bits per heavy atom. The molecule has 1 fully saturated rings. The summed E-state index contributed by atoms with van der Waals surface area (Å²) < 4.78 is 0. The summed E-state index contributed by atoms with van der Waals surface area (Å²) >= 11 is 0. The topological polar surface area (TPSA) is 40.5 Å². The number of carboxylic acids is 1. The van der Waals surface area contributed by atoms with Crippen molar-refractivity contribution in [1.29, 1.82) is 0 Å². The van der Waals surface area contributed by atoms with Gasteiger partial charge in [-0.25, -0.2) is 4.79 Å². The van der Waals surface area contributed by atoms with Crippen molar-refractivity contribution in [2.45, 2.75) is 44.6 Å². The van der Waals surface area contributed by atoms with E-state index in [0.29, 0.717) is 5.56 Å². The summed E-state index contributed by atoms with van der Waals surface area (Å²) in [5.74, 6) is -0.868. The molecule has 0 atom stereocenters. The van der Waals surface area contributed by atoms with E-state index < -0.39 is 5.97 Å². The van der Waals surface area contributed by atoms with Gasteiger partial charge in [0.25, 0.3) is 0 Å². The van der Waals surface area contributed by atoms with Gasteiger partial charge in [0.2, 0.25) is 0 Å². The average Bonchev–Trinajstić information content (AvgIpc) is 2.77. The third-order valence-electron chi connectivity index (χ3n) is 5.81. The van der Waals surface area contributed by atoms with Crippen LogP contribution in [-0.4, -0.2) is 35.1 Å². The Balaban J connectivity index is 1.46. The maximum atomic E-state index is 11.0. The molecule has 1 aliphatic carbocycles. The summed E-state index contributed by atoms with van der Waals surface area (Å²) in [6, 6.07) is 15.0. The molecule has 1 N–H and O–H groups in total. The molecular formula is C22H25NO2. The van der Waals surface area contributed by atoms with Gasteiger partial charge < -0.3 is 5.11 Å². The second kappa shape index (κ2) is 7.01. The summed E-state index contributed by atoms with van der Waals surface area (Å²) in [7, 11) is 0. The van der Waals surface area contributed by atoms with Crippen LogP contribution < -0.4 is 0 Å². The Bertz CT molecular complexity index is 762. The first-order valence-corrected chi connectivity index (χ1v) is 9.36. The van der Waals surface area contributed by atoms with Crippen LogP contribution in [0.2, 0.25) is 0 Å². The van der Waals surface area contributed by atoms with Crippen LogP contribution in [0.3, 0.4) is 0 Å². The second-order valence-electron chi connectivity index (χ2n) is 7.40. The van der Waals surface area contributed by atoms with Gasteiger partial charge in [0.15, 0.2) is 0 Å². The number of aromatic carboxylic acids is 1. The van der Waals surface area contributed by atoms with Crippen molar-refractivity contribution in [2.24, 2.45) is 0 Å². The number of rotatable bonds is 4. The van der Waals surface area contributed by atoms with Gasteiger partial charge in [0.1, 0.15) is 0 Å². The zero-order chi connectivity index (χ0) is 17.2. The van der Waals surface area contributed by atoms with Crippen molar-refractivity contribution in [3.8, 4) is 0 Å². The molecule has 3 heteroatoms. The standard InChI is InChI=1S/C22H25NO2/c24-22(25)19-8-4-16(5-9-19)14-17-6-7-18-10-12-23(21-2-1-3-21)13-11-20(18)15-17/h4-9,15,21H,1-3,10-14H2,(H,24,25). The van der Waals surface area contributed by atoms with Crippen LogP contribution in [0.1, 0.15) is 51.9 Å². The fourth-order valence-electron chi connectivity index (χ4n) is 4.02. The summed E-state index contributed by atoms with van der Waals surface area (Å²) in [4.78, 5) is 13.6. The molecule has 0 unspecified atom stereocenters. The number of carbonyl (C=O) groups is 1. The van der Waals surface area contributed by atoms with Crippen molar-refractivity contribution in [3.05, 3.63) is 70.3 Å². The van der Waals surface area contributed by atoms with Crippen LogP contribution in [0.4, 0.5) is 0 Å². The fourth-order valence-corrected chi connectivity index (χ4v) is 4.02. The lowest BCUT2D eigenvalue weighted by molar-refractivity contribution is 0.0697. The fraction of sp³-hybridized carbons (Fsp3) is 0.409. The van der Waals surface area contributed by atoms with Crippen LogP contribution in [0.5, 0.6) is 0 Å². The lowest BCUT2D eigenvalue weighted by atomic mass is 9.91. The van der Waals surface area contributed by atoms with Crippen molar-refractivity contribution < 1.29 is 9.90 Å². The van der Waals surface area contributed by atoms with Gasteiger partial charge in [-0.05, 0) is 66.5 Å². The molecule has 0 aromatic heterocycles. The van der Waals surface area contributed by atoms with E-state index in [9.17, 15) is 4.79 Å². The van der Waals surface area contributed by atoms with Crippen LogP contribution in [0, 0.1) is 0 Å². The number of hydrogen-bond acceptors (Lipinski definition) is 2. The zero-order valence-corrected chi connectivity index (χ0v) is 14.6. The van der Waals surface area contributed by atoms with Crippen molar-refractivity contribution in [3.63, 3.8) is 0 Å². The molecular weight excluding hydrogens is 310 g/mol. The summed E-state index contributed by atoms with van der Waals surface area (Å²) in [6.07, 6.45) is 7.34. The monoisotopic (exact) mass is 335 g/mol. The molecule has 1 aliphatic heterocycles. The molecule has 25 heavy (non-hydrogen) atoms. The smallest absolute Gasteiger partial charge is 0.335 e. The Labute approximate surface area is 149 Å². The highest BCUT2D eigenvalue weighted by Crippen LogP contribution is 2.28. The van der Waals surface area contributed by atoms with Gasteiger partial charge >= 0.3 is 5.97 Å². The molecule has 1 heterocycles. The molecule has 0 saturated heterocycles. The molecule has 0 amide bonds. The maximum Gasteiger partial charge on any atom is 0.335 e.